The van der Waals surface area contributed by atoms with E-state index >= 15 is 0 Å². The summed E-state index contributed by atoms with van der Waals surface area (Å²) < 4.78 is 0. The number of nitrogens with one attached hydrogen (secondary N) is 1. The van der Waals surface area contributed by atoms with Crippen molar-refractivity contribution in [3.8, 4) is 0 Å². The van der Waals surface area contributed by atoms with Crippen molar-refractivity contribution in [1.29, 1.82) is 0 Å². The molecule has 1 aliphatic heterocycles. The average Bonchev–Trinajstić information content (AvgIpc) is 2.76. The molecule has 0 spiro atoms. The van der Waals surface area contributed by atoms with E-state index in [2.05, 4.69) is 44.2 Å². The minimum atomic E-state index is 0.0377. The molecule has 1 N–H and O–H groups in total. The summed E-state index contributed by atoms with van der Waals surface area (Å²) in [6.45, 7) is 8.85. The summed E-state index contributed by atoms with van der Waals surface area (Å²) in [6, 6.07) is 0.494. The highest BCUT2D eigenvalue weighted by atomic mass is 32.2. The summed E-state index contributed by atoms with van der Waals surface area (Å²) in [5.41, 5.74) is 0. The van der Waals surface area contributed by atoms with Crippen LogP contribution in [0, 0.1) is 11.8 Å². The molecule has 0 aromatic carbocycles. The number of thioether (sulfide) groups is 1. The molecule has 1 saturated heterocycles. The van der Waals surface area contributed by atoms with Crippen LogP contribution in [0.1, 0.15) is 59.8 Å². The lowest BCUT2D eigenvalue weighted by atomic mass is 9.92. The first-order valence-corrected chi connectivity index (χ1v) is 9.83. The number of nitrogens with zero attached hydrogens (tertiary/aromatic N) is 1. The summed E-state index contributed by atoms with van der Waals surface area (Å²) in [4.78, 5) is 15.1. The van der Waals surface area contributed by atoms with E-state index in [0.29, 0.717) is 23.8 Å². The van der Waals surface area contributed by atoms with Crippen LogP contribution in [0.3, 0.4) is 0 Å². The van der Waals surface area contributed by atoms with Crippen molar-refractivity contribution in [3.63, 3.8) is 0 Å². The normalized spacial score (nSPS) is 34.2. The molecular weight excluding hydrogens is 280 g/mol. The Labute approximate surface area is 134 Å². The molecule has 21 heavy (non-hydrogen) atoms. The monoisotopic (exact) mass is 312 g/mol. The zero-order valence-electron chi connectivity index (χ0n) is 14.3. The molecule has 3 nitrogen and oxygen atoms in total. The number of hydrogen-bond donors (Lipinski definition) is 1. The van der Waals surface area contributed by atoms with Crippen LogP contribution in [0.15, 0.2) is 0 Å². The molecule has 4 heteroatoms. The molecule has 1 saturated carbocycles. The van der Waals surface area contributed by atoms with Crippen molar-refractivity contribution in [1.82, 2.24) is 10.2 Å². The van der Waals surface area contributed by atoms with Gasteiger partial charge in [-0.3, -0.25) is 10.1 Å². The molecule has 2 aliphatic rings. The second-order valence-corrected chi connectivity index (χ2v) is 8.59. The van der Waals surface area contributed by atoms with Gasteiger partial charge in [0.05, 0.1) is 12.2 Å². The first kappa shape index (κ1) is 17.1. The number of hydrogen-bond acceptors (Lipinski definition) is 3. The zero-order valence-corrected chi connectivity index (χ0v) is 15.1. The summed E-state index contributed by atoms with van der Waals surface area (Å²) in [5, 5.41) is 4.42. The van der Waals surface area contributed by atoms with Gasteiger partial charge in [-0.1, -0.05) is 27.7 Å². The molecule has 2 unspecified atom stereocenters. The van der Waals surface area contributed by atoms with Crippen molar-refractivity contribution in [2.75, 3.05) is 6.26 Å². The third kappa shape index (κ3) is 3.95. The van der Waals surface area contributed by atoms with Gasteiger partial charge >= 0.3 is 0 Å². The van der Waals surface area contributed by atoms with Gasteiger partial charge in [0.15, 0.2) is 0 Å². The predicted octanol–water partition coefficient (Wildman–Crippen LogP) is 3.49. The summed E-state index contributed by atoms with van der Waals surface area (Å²) >= 11 is 1.99. The molecule has 0 aromatic heterocycles. The van der Waals surface area contributed by atoms with Crippen LogP contribution in [0.5, 0.6) is 0 Å². The Kier molecular flexibility index (Phi) is 6.01. The van der Waals surface area contributed by atoms with Gasteiger partial charge in [-0.05, 0) is 50.2 Å². The van der Waals surface area contributed by atoms with Crippen LogP contribution < -0.4 is 5.32 Å². The van der Waals surface area contributed by atoms with Crippen molar-refractivity contribution < 1.29 is 4.79 Å². The van der Waals surface area contributed by atoms with Gasteiger partial charge in [0.1, 0.15) is 0 Å². The van der Waals surface area contributed by atoms with Gasteiger partial charge < -0.3 is 4.90 Å². The molecule has 1 amide bonds. The maximum Gasteiger partial charge on any atom is 0.241 e. The molecule has 2 fully saturated rings. The van der Waals surface area contributed by atoms with Gasteiger partial charge in [0.2, 0.25) is 5.91 Å². The largest absolute Gasteiger partial charge is 0.323 e. The number of amides is 1. The van der Waals surface area contributed by atoms with Crippen LogP contribution in [0.2, 0.25) is 0 Å². The highest BCUT2D eigenvalue weighted by Gasteiger charge is 2.44. The molecule has 0 radical (unpaired) electrons. The van der Waals surface area contributed by atoms with Crippen LogP contribution in [0.25, 0.3) is 0 Å². The van der Waals surface area contributed by atoms with Crippen molar-refractivity contribution >= 4 is 17.7 Å². The third-order valence-electron chi connectivity index (χ3n) is 4.93. The van der Waals surface area contributed by atoms with Crippen LogP contribution in [-0.4, -0.2) is 40.6 Å². The van der Waals surface area contributed by atoms with E-state index in [9.17, 15) is 4.79 Å². The Bertz CT molecular complexity index is 351. The smallest absolute Gasteiger partial charge is 0.241 e. The lowest BCUT2D eigenvalue weighted by molar-refractivity contribution is -0.133. The number of carbonyl (C=O) groups is 1. The highest BCUT2D eigenvalue weighted by Crippen LogP contribution is 2.33. The third-order valence-corrected chi connectivity index (χ3v) is 6.07. The average molecular weight is 313 g/mol. The fourth-order valence-electron chi connectivity index (χ4n) is 3.79. The van der Waals surface area contributed by atoms with Gasteiger partial charge in [-0.25, -0.2) is 0 Å². The Hall–Kier alpha value is -0.220. The molecule has 0 aromatic rings. The first-order valence-electron chi connectivity index (χ1n) is 8.55. The van der Waals surface area contributed by atoms with Gasteiger partial charge in [-0.15, -0.1) is 0 Å². The Morgan fingerprint density at radius 1 is 1.19 bits per heavy atom. The summed E-state index contributed by atoms with van der Waals surface area (Å²) in [6.07, 6.45) is 8.27. The molecular formula is C17H32N2OS. The molecule has 1 heterocycles. The summed E-state index contributed by atoms with van der Waals surface area (Å²) in [7, 11) is 0. The molecule has 1 aliphatic carbocycles. The minimum absolute atomic E-state index is 0.0377. The van der Waals surface area contributed by atoms with Gasteiger partial charge in [0, 0.05) is 11.3 Å². The number of rotatable bonds is 5. The standard InChI is InChI=1S/C17H32N2OS/c1-11(2)10-15-17(20)19(16(18-15)12(3)4)13-6-8-14(21-5)9-7-13/h11-16,18H,6-10H2,1-5H3. The Balaban J connectivity index is 2.06. The minimum Gasteiger partial charge on any atom is -0.323 e. The SMILES string of the molecule is CSC1CCC(N2C(=O)C(CC(C)C)NC2C(C)C)CC1. The van der Waals surface area contributed by atoms with Gasteiger partial charge in [-0.2, -0.15) is 11.8 Å². The van der Waals surface area contributed by atoms with E-state index in [0.717, 1.165) is 11.7 Å². The Morgan fingerprint density at radius 3 is 2.29 bits per heavy atom. The lowest BCUT2D eigenvalue weighted by Gasteiger charge is -2.38. The quantitative estimate of drug-likeness (QED) is 0.843. The second-order valence-electron chi connectivity index (χ2n) is 7.45. The van der Waals surface area contributed by atoms with E-state index in [4.69, 9.17) is 0 Å². The van der Waals surface area contributed by atoms with Crippen LogP contribution in [0.4, 0.5) is 0 Å². The molecule has 122 valence electrons. The predicted molar refractivity (Wildman–Crippen MR) is 91.4 cm³/mol. The van der Waals surface area contributed by atoms with E-state index in [-0.39, 0.29) is 12.2 Å². The first-order chi connectivity index (χ1) is 9.93. The second kappa shape index (κ2) is 7.36. The van der Waals surface area contributed by atoms with Crippen LogP contribution in [-0.2, 0) is 4.79 Å². The van der Waals surface area contributed by atoms with Crippen molar-refractivity contribution in [2.45, 2.75) is 83.3 Å². The fraction of sp³-hybridized carbons (Fsp3) is 0.941. The van der Waals surface area contributed by atoms with Crippen molar-refractivity contribution in [2.24, 2.45) is 11.8 Å². The molecule has 0 bridgehead atoms. The summed E-state index contributed by atoms with van der Waals surface area (Å²) in [5.74, 6) is 1.39. The fourth-order valence-corrected chi connectivity index (χ4v) is 4.54. The van der Waals surface area contributed by atoms with Crippen molar-refractivity contribution in [3.05, 3.63) is 0 Å². The van der Waals surface area contributed by atoms with E-state index in [1.807, 2.05) is 11.8 Å². The zero-order chi connectivity index (χ0) is 15.6. The maximum absolute atomic E-state index is 12.9. The van der Waals surface area contributed by atoms with E-state index in [1.165, 1.54) is 25.7 Å². The van der Waals surface area contributed by atoms with Gasteiger partial charge in [0.25, 0.3) is 0 Å². The number of carbonyl (C=O) groups excluding carboxylic acids is 1. The molecule has 2 atom stereocenters. The van der Waals surface area contributed by atoms with Crippen LogP contribution >= 0.6 is 11.8 Å². The lowest BCUT2D eigenvalue weighted by Crippen LogP contribution is -2.48. The van der Waals surface area contributed by atoms with E-state index in [1.54, 1.807) is 0 Å². The topological polar surface area (TPSA) is 32.3 Å². The van der Waals surface area contributed by atoms with E-state index < -0.39 is 0 Å². The Morgan fingerprint density at radius 2 is 1.81 bits per heavy atom. The molecule has 2 rings (SSSR count). The highest BCUT2D eigenvalue weighted by molar-refractivity contribution is 7.99. The maximum atomic E-state index is 12.9.